The standard InChI is InChI=1S/C11H24N2O3S/c1-16-7-2-4-11(12)10-13-5-3-8-17(14,15)9-6-13/h11H,2-10,12H2,1H3. The van der Waals surface area contributed by atoms with Crippen molar-refractivity contribution in [3.63, 3.8) is 0 Å². The SMILES string of the molecule is COCCCC(N)CN1CCCS(=O)(=O)CC1. The van der Waals surface area contributed by atoms with Gasteiger partial charge in [-0.1, -0.05) is 0 Å². The van der Waals surface area contributed by atoms with Crippen LogP contribution in [0.1, 0.15) is 19.3 Å². The van der Waals surface area contributed by atoms with Crippen molar-refractivity contribution < 1.29 is 13.2 Å². The number of methoxy groups -OCH3 is 1. The van der Waals surface area contributed by atoms with Crippen LogP contribution in [0.15, 0.2) is 0 Å². The maximum atomic E-state index is 11.4. The lowest BCUT2D eigenvalue weighted by Crippen LogP contribution is -2.39. The molecular weight excluding hydrogens is 240 g/mol. The quantitative estimate of drug-likeness (QED) is 0.676. The predicted molar refractivity (Wildman–Crippen MR) is 68.8 cm³/mol. The zero-order chi connectivity index (χ0) is 12.7. The smallest absolute Gasteiger partial charge is 0.151 e. The third-order valence-corrected chi connectivity index (χ3v) is 4.78. The van der Waals surface area contributed by atoms with Crippen molar-refractivity contribution in [3.8, 4) is 0 Å². The molecule has 0 amide bonds. The Labute approximate surface area is 104 Å². The molecule has 1 atom stereocenters. The van der Waals surface area contributed by atoms with Crippen LogP contribution >= 0.6 is 0 Å². The van der Waals surface area contributed by atoms with E-state index in [1.165, 1.54) is 0 Å². The fraction of sp³-hybridized carbons (Fsp3) is 1.00. The molecule has 1 rings (SSSR count). The first-order valence-electron chi connectivity index (χ1n) is 6.21. The molecule has 0 saturated carbocycles. The molecule has 17 heavy (non-hydrogen) atoms. The molecule has 0 aromatic carbocycles. The lowest BCUT2D eigenvalue weighted by atomic mass is 10.1. The first-order chi connectivity index (χ1) is 8.03. The number of hydrogen-bond acceptors (Lipinski definition) is 5. The van der Waals surface area contributed by atoms with Crippen LogP contribution in [0.5, 0.6) is 0 Å². The molecule has 5 nitrogen and oxygen atoms in total. The van der Waals surface area contributed by atoms with Crippen molar-refractivity contribution >= 4 is 9.84 Å². The van der Waals surface area contributed by atoms with Crippen LogP contribution in [0.4, 0.5) is 0 Å². The first-order valence-corrected chi connectivity index (χ1v) is 8.03. The van der Waals surface area contributed by atoms with Gasteiger partial charge in [0.25, 0.3) is 0 Å². The van der Waals surface area contributed by atoms with E-state index in [4.69, 9.17) is 10.5 Å². The Morgan fingerprint density at radius 1 is 1.35 bits per heavy atom. The summed E-state index contributed by atoms with van der Waals surface area (Å²) in [4.78, 5) is 2.17. The summed E-state index contributed by atoms with van der Waals surface area (Å²) in [5.41, 5.74) is 6.02. The van der Waals surface area contributed by atoms with E-state index in [0.29, 0.717) is 12.3 Å². The van der Waals surface area contributed by atoms with Gasteiger partial charge in [-0.3, -0.25) is 0 Å². The van der Waals surface area contributed by atoms with E-state index in [1.54, 1.807) is 7.11 Å². The molecule has 1 heterocycles. The van der Waals surface area contributed by atoms with E-state index in [1.807, 2.05) is 0 Å². The van der Waals surface area contributed by atoms with Gasteiger partial charge in [0.1, 0.15) is 0 Å². The van der Waals surface area contributed by atoms with Crippen molar-refractivity contribution in [2.45, 2.75) is 25.3 Å². The van der Waals surface area contributed by atoms with Gasteiger partial charge in [0.2, 0.25) is 0 Å². The summed E-state index contributed by atoms with van der Waals surface area (Å²) in [7, 11) is -1.13. The van der Waals surface area contributed by atoms with E-state index in [0.717, 1.165) is 39.0 Å². The fourth-order valence-corrected chi connectivity index (χ4v) is 3.39. The normalized spacial score (nSPS) is 23.2. The minimum atomic E-state index is -2.81. The van der Waals surface area contributed by atoms with Crippen LogP contribution in [0.2, 0.25) is 0 Å². The van der Waals surface area contributed by atoms with Crippen LogP contribution in [0, 0.1) is 0 Å². The number of nitrogens with zero attached hydrogens (tertiary/aromatic N) is 1. The Morgan fingerprint density at radius 3 is 2.82 bits per heavy atom. The van der Waals surface area contributed by atoms with Crippen molar-refractivity contribution in [1.29, 1.82) is 0 Å². The molecule has 0 aliphatic carbocycles. The summed E-state index contributed by atoms with van der Waals surface area (Å²) in [6.45, 7) is 3.00. The van der Waals surface area contributed by atoms with Crippen LogP contribution in [-0.4, -0.2) is 64.2 Å². The average molecular weight is 264 g/mol. The molecule has 1 unspecified atom stereocenters. The second-order valence-corrected chi connectivity index (χ2v) is 7.00. The molecule has 6 heteroatoms. The van der Waals surface area contributed by atoms with Gasteiger partial charge in [-0.2, -0.15) is 0 Å². The Balaban J connectivity index is 2.26. The van der Waals surface area contributed by atoms with E-state index < -0.39 is 9.84 Å². The van der Waals surface area contributed by atoms with Gasteiger partial charge in [0.05, 0.1) is 11.5 Å². The minimum absolute atomic E-state index is 0.117. The van der Waals surface area contributed by atoms with Crippen LogP contribution in [0.25, 0.3) is 0 Å². The molecule has 1 aliphatic rings. The van der Waals surface area contributed by atoms with E-state index in [-0.39, 0.29) is 11.8 Å². The minimum Gasteiger partial charge on any atom is -0.385 e. The number of ether oxygens (including phenoxy) is 1. The van der Waals surface area contributed by atoms with E-state index >= 15 is 0 Å². The Bertz CT molecular complexity index is 306. The first kappa shape index (κ1) is 14.9. The molecule has 0 radical (unpaired) electrons. The van der Waals surface area contributed by atoms with Crippen LogP contribution in [-0.2, 0) is 14.6 Å². The van der Waals surface area contributed by atoms with Crippen molar-refractivity contribution in [3.05, 3.63) is 0 Å². The van der Waals surface area contributed by atoms with Gasteiger partial charge in [0, 0.05) is 32.8 Å². The van der Waals surface area contributed by atoms with Crippen molar-refractivity contribution in [1.82, 2.24) is 4.90 Å². The third kappa shape index (κ3) is 6.35. The number of hydrogen-bond donors (Lipinski definition) is 1. The molecule has 1 fully saturated rings. The molecule has 0 spiro atoms. The summed E-state index contributed by atoms with van der Waals surface area (Å²) in [5, 5.41) is 0. The topological polar surface area (TPSA) is 72.6 Å². The van der Waals surface area contributed by atoms with Crippen LogP contribution < -0.4 is 5.73 Å². The second-order valence-electron chi connectivity index (χ2n) is 4.70. The summed E-state index contributed by atoms with van der Waals surface area (Å²) in [6.07, 6.45) is 2.62. The molecule has 1 aliphatic heterocycles. The predicted octanol–water partition coefficient (Wildman–Crippen LogP) is -0.139. The molecule has 0 aromatic heterocycles. The Morgan fingerprint density at radius 2 is 2.12 bits per heavy atom. The monoisotopic (exact) mass is 264 g/mol. The summed E-state index contributed by atoms with van der Waals surface area (Å²) >= 11 is 0. The van der Waals surface area contributed by atoms with Gasteiger partial charge in [-0.15, -0.1) is 0 Å². The van der Waals surface area contributed by atoms with Gasteiger partial charge < -0.3 is 15.4 Å². The lowest BCUT2D eigenvalue weighted by Gasteiger charge is -2.23. The molecule has 1 saturated heterocycles. The Hall–Kier alpha value is -0.170. The highest BCUT2D eigenvalue weighted by molar-refractivity contribution is 7.91. The van der Waals surface area contributed by atoms with Crippen molar-refractivity contribution in [2.24, 2.45) is 5.73 Å². The third-order valence-electron chi connectivity index (χ3n) is 3.06. The summed E-state index contributed by atoms with van der Waals surface area (Å²) in [6, 6.07) is 0.117. The number of rotatable bonds is 6. The molecule has 2 N–H and O–H groups in total. The number of sulfone groups is 1. The average Bonchev–Trinajstić information content (AvgIpc) is 2.41. The van der Waals surface area contributed by atoms with Crippen molar-refractivity contribution in [2.75, 3.05) is 44.9 Å². The van der Waals surface area contributed by atoms with E-state index in [9.17, 15) is 8.42 Å². The highest BCUT2D eigenvalue weighted by Gasteiger charge is 2.20. The maximum Gasteiger partial charge on any atom is 0.151 e. The zero-order valence-corrected chi connectivity index (χ0v) is 11.4. The Kier molecular flexibility index (Phi) is 6.40. The highest BCUT2D eigenvalue weighted by Crippen LogP contribution is 2.06. The molecular formula is C11H24N2O3S. The maximum absolute atomic E-state index is 11.4. The van der Waals surface area contributed by atoms with Gasteiger partial charge in [-0.25, -0.2) is 8.42 Å². The molecule has 0 bridgehead atoms. The molecule has 102 valence electrons. The number of nitrogens with two attached hydrogens (primary N) is 1. The summed E-state index contributed by atoms with van der Waals surface area (Å²) in [5.74, 6) is 0.597. The zero-order valence-electron chi connectivity index (χ0n) is 10.6. The largest absolute Gasteiger partial charge is 0.385 e. The van der Waals surface area contributed by atoms with Gasteiger partial charge in [0.15, 0.2) is 9.84 Å². The van der Waals surface area contributed by atoms with Crippen LogP contribution in [0.3, 0.4) is 0 Å². The fourth-order valence-electron chi connectivity index (χ4n) is 2.09. The molecule has 0 aromatic rings. The van der Waals surface area contributed by atoms with Gasteiger partial charge >= 0.3 is 0 Å². The highest BCUT2D eigenvalue weighted by atomic mass is 32.2. The second kappa shape index (κ2) is 7.31. The lowest BCUT2D eigenvalue weighted by molar-refractivity contribution is 0.186. The van der Waals surface area contributed by atoms with Gasteiger partial charge in [-0.05, 0) is 25.8 Å². The summed E-state index contributed by atoms with van der Waals surface area (Å²) < 4.78 is 27.9. The van der Waals surface area contributed by atoms with E-state index in [2.05, 4.69) is 4.90 Å².